The number of amides is 1. The van der Waals surface area contributed by atoms with Gasteiger partial charge in [-0.25, -0.2) is 0 Å². The van der Waals surface area contributed by atoms with Gasteiger partial charge in [0.1, 0.15) is 5.56 Å². The lowest BCUT2D eigenvalue weighted by Gasteiger charge is -2.15. The van der Waals surface area contributed by atoms with Crippen LogP contribution < -0.4 is 10.9 Å². The molecule has 0 atom stereocenters. The molecule has 5 heteroatoms. The van der Waals surface area contributed by atoms with E-state index >= 15 is 0 Å². The highest BCUT2D eigenvalue weighted by molar-refractivity contribution is 6.01. The molecule has 0 unspecified atom stereocenters. The van der Waals surface area contributed by atoms with Crippen LogP contribution in [0, 0.1) is 5.92 Å². The van der Waals surface area contributed by atoms with Gasteiger partial charge in [-0.15, -0.1) is 0 Å². The molecule has 1 aromatic heterocycles. The van der Waals surface area contributed by atoms with Gasteiger partial charge >= 0.3 is 0 Å². The molecule has 1 aromatic rings. The van der Waals surface area contributed by atoms with E-state index in [1.165, 1.54) is 6.07 Å². The largest absolute Gasteiger partial charge is 0.352 e. The summed E-state index contributed by atoms with van der Waals surface area (Å²) in [7, 11) is 0. The Hall–Kier alpha value is -1.91. The van der Waals surface area contributed by atoms with Crippen LogP contribution in [0.25, 0.3) is 0 Å². The third-order valence-corrected chi connectivity index (χ3v) is 3.51. The van der Waals surface area contributed by atoms with Crippen LogP contribution in [0.4, 0.5) is 0 Å². The van der Waals surface area contributed by atoms with Crippen molar-refractivity contribution in [2.24, 2.45) is 5.92 Å². The predicted molar refractivity (Wildman–Crippen MR) is 76.1 cm³/mol. The number of aromatic nitrogens is 1. The molecule has 0 aliphatic heterocycles. The first-order valence-electron chi connectivity index (χ1n) is 7.06. The van der Waals surface area contributed by atoms with Gasteiger partial charge in [0.05, 0.1) is 0 Å². The number of nitrogens with one attached hydrogen (secondary N) is 2. The fraction of sp³-hybridized carbons (Fsp3) is 0.533. The topological polar surface area (TPSA) is 79.0 Å². The zero-order chi connectivity index (χ0) is 14.7. The van der Waals surface area contributed by atoms with Crippen LogP contribution in [0.15, 0.2) is 10.9 Å². The van der Waals surface area contributed by atoms with Crippen molar-refractivity contribution in [1.29, 1.82) is 0 Å². The molecule has 0 saturated heterocycles. The van der Waals surface area contributed by atoms with E-state index in [-0.39, 0.29) is 11.3 Å². The fourth-order valence-electron chi connectivity index (χ4n) is 2.31. The Morgan fingerprint density at radius 1 is 1.35 bits per heavy atom. The molecule has 1 heterocycles. The monoisotopic (exact) mass is 276 g/mol. The lowest BCUT2D eigenvalue weighted by Crippen LogP contribution is -2.32. The number of hydrogen-bond donors (Lipinski definition) is 2. The average Bonchev–Trinajstić information content (AvgIpc) is 2.37. The van der Waals surface area contributed by atoms with E-state index in [1.807, 2.05) is 0 Å². The van der Waals surface area contributed by atoms with Crippen LogP contribution in [-0.2, 0) is 6.42 Å². The van der Waals surface area contributed by atoms with Crippen molar-refractivity contribution < 1.29 is 9.59 Å². The van der Waals surface area contributed by atoms with Crippen molar-refractivity contribution in [2.45, 2.75) is 39.5 Å². The zero-order valence-corrected chi connectivity index (χ0v) is 11.9. The number of aromatic amines is 1. The van der Waals surface area contributed by atoms with Crippen molar-refractivity contribution in [2.75, 3.05) is 6.54 Å². The highest BCUT2D eigenvalue weighted by Gasteiger charge is 2.21. The molecule has 1 aliphatic rings. The van der Waals surface area contributed by atoms with Crippen molar-refractivity contribution in [3.05, 3.63) is 33.2 Å². The molecule has 0 aromatic carbocycles. The van der Waals surface area contributed by atoms with Crippen molar-refractivity contribution >= 4 is 11.7 Å². The molecule has 5 nitrogen and oxygen atoms in total. The van der Waals surface area contributed by atoms with E-state index in [1.54, 1.807) is 0 Å². The molecule has 1 aliphatic carbocycles. The van der Waals surface area contributed by atoms with Crippen LogP contribution in [0.1, 0.15) is 59.5 Å². The van der Waals surface area contributed by atoms with Crippen LogP contribution in [0.3, 0.4) is 0 Å². The number of fused-ring (bicyclic) bond motifs is 1. The SMILES string of the molecule is CC(C)CCNC(=O)c1cc2c([nH]c1=O)CCCC2=O. The number of pyridine rings is 1. The molecule has 0 fully saturated rings. The van der Waals surface area contributed by atoms with E-state index in [2.05, 4.69) is 24.1 Å². The minimum Gasteiger partial charge on any atom is -0.352 e. The molecule has 0 radical (unpaired) electrons. The normalized spacial score (nSPS) is 14.2. The van der Waals surface area contributed by atoms with Gasteiger partial charge in [0.2, 0.25) is 0 Å². The van der Waals surface area contributed by atoms with E-state index < -0.39 is 11.5 Å². The van der Waals surface area contributed by atoms with E-state index in [0.29, 0.717) is 36.6 Å². The van der Waals surface area contributed by atoms with E-state index in [9.17, 15) is 14.4 Å². The van der Waals surface area contributed by atoms with Gasteiger partial charge in [0.15, 0.2) is 5.78 Å². The first kappa shape index (κ1) is 14.5. The maximum atomic E-state index is 12.0. The molecule has 0 spiro atoms. The maximum Gasteiger partial charge on any atom is 0.261 e. The number of carbonyl (C=O) groups is 2. The van der Waals surface area contributed by atoms with E-state index in [4.69, 9.17) is 0 Å². The summed E-state index contributed by atoms with van der Waals surface area (Å²) in [6.45, 7) is 4.66. The molecule has 108 valence electrons. The molecular formula is C15H20N2O3. The first-order chi connectivity index (χ1) is 9.49. The van der Waals surface area contributed by atoms with Crippen molar-refractivity contribution in [3.8, 4) is 0 Å². The highest BCUT2D eigenvalue weighted by atomic mass is 16.2. The van der Waals surface area contributed by atoms with Gasteiger partial charge in [-0.05, 0) is 31.2 Å². The van der Waals surface area contributed by atoms with Gasteiger partial charge in [-0.2, -0.15) is 0 Å². The second-order valence-electron chi connectivity index (χ2n) is 5.62. The number of aryl methyl sites for hydroxylation is 1. The molecule has 20 heavy (non-hydrogen) atoms. The second kappa shape index (κ2) is 6.03. The maximum absolute atomic E-state index is 12.0. The summed E-state index contributed by atoms with van der Waals surface area (Å²) in [4.78, 5) is 38.4. The lowest BCUT2D eigenvalue weighted by molar-refractivity contribution is 0.0950. The first-order valence-corrected chi connectivity index (χ1v) is 7.06. The van der Waals surface area contributed by atoms with Gasteiger partial charge in [0.25, 0.3) is 11.5 Å². The summed E-state index contributed by atoms with van der Waals surface area (Å²) in [5.41, 5.74) is 0.762. The Balaban J connectivity index is 2.20. The minimum absolute atomic E-state index is 0.00118. The molecular weight excluding hydrogens is 256 g/mol. The number of Topliss-reactive ketones (excluding diaryl/α,β-unsaturated/α-hetero) is 1. The molecule has 1 amide bonds. The molecule has 2 N–H and O–H groups in total. The molecule has 2 rings (SSSR count). The van der Waals surface area contributed by atoms with Gasteiger partial charge in [-0.1, -0.05) is 13.8 Å². The van der Waals surface area contributed by atoms with Crippen LogP contribution in [0.5, 0.6) is 0 Å². The second-order valence-corrected chi connectivity index (χ2v) is 5.62. The highest BCUT2D eigenvalue weighted by Crippen LogP contribution is 2.18. The van der Waals surface area contributed by atoms with E-state index in [0.717, 1.165) is 12.8 Å². The third kappa shape index (κ3) is 3.15. The Morgan fingerprint density at radius 3 is 2.80 bits per heavy atom. The van der Waals surface area contributed by atoms with Gasteiger partial charge in [0, 0.05) is 24.2 Å². The summed E-state index contributed by atoms with van der Waals surface area (Å²) in [5.74, 6) is 0.0745. The summed E-state index contributed by atoms with van der Waals surface area (Å²) < 4.78 is 0. The number of H-pyrrole nitrogens is 1. The standard InChI is InChI=1S/C15H20N2O3/c1-9(2)6-7-16-14(19)11-8-10-12(17-15(11)20)4-3-5-13(10)18/h8-9H,3-7H2,1-2H3,(H,16,19)(H,17,20). The predicted octanol–water partition coefficient (Wildman–Crippen LogP) is 1.67. The quantitative estimate of drug-likeness (QED) is 0.878. The summed E-state index contributed by atoms with van der Waals surface area (Å²) in [5, 5.41) is 2.72. The minimum atomic E-state index is -0.416. The third-order valence-electron chi connectivity index (χ3n) is 3.51. The summed E-state index contributed by atoms with van der Waals surface area (Å²) in [6.07, 6.45) is 2.77. The lowest BCUT2D eigenvalue weighted by atomic mass is 9.93. The molecule has 0 bridgehead atoms. The number of carbonyl (C=O) groups excluding carboxylic acids is 2. The summed E-state index contributed by atoms with van der Waals surface area (Å²) in [6, 6.07) is 1.44. The van der Waals surface area contributed by atoms with Crippen LogP contribution >= 0.6 is 0 Å². The van der Waals surface area contributed by atoms with Crippen LogP contribution in [0.2, 0.25) is 0 Å². The average molecular weight is 276 g/mol. The molecule has 0 saturated carbocycles. The fourth-order valence-corrected chi connectivity index (χ4v) is 2.31. The Bertz CT molecular complexity index is 587. The Labute approximate surface area is 117 Å². The smallest absolute Gasteiger partial charge is 0.261 e. The number of ketones is 1. The Kier molecular flexibility index (Phi) is 4.37. The van der Waals surface area contributed by atoms with Crippen molar-refractivity contribution in [3.63, 3.8) is 0 Å². The van der Waals surface area contributed by atoms with Crippen molar-refractivity contribution in [1.82, 2.24) is 10.3 Å². The van der Waals surface area contributed by atoms with Gasteiger partial charge < -0.3 is 10.3 Å². The van der Waals surface area contributed by atoms with Crippen LogP contribution in [-0.4, -0.2) is 23.2 Å². The van der Waals surface area contributed by atoms with Gasteiger partial charge in [-0.3, -0.25) is 14.4 Å². The number of rotatable bonds is 4. The summed E-state index contributed by atoms with van der Waals surface area (Å²) >= 11 is 0. The zero-order valence-electron chi connectivity index (χ0n) is 11.9. The Morgan fingerprint density at radius 2 is 2.10 bits per heavy atom. The number of hydrogen-bond acceptors (Lipinski definition) is 3.